The quantitative estimate of drug-likeness (QED) is 0.728. The molecule has 5 rings (SSSR count). The van der Waals surface area contributed by atoms with E-state index in [9.17, 15) is 0 Å². The van der Waals surface area contributed by atoms with Crippen LogP contribution in [0.1, 0.15) is 58.8 Å². The third kappa shape index (κ3) is 1.54. The van der Waals surface area contributed by atoms with Crippen LogP contribution in [0.25, 0.3) is 0 Å². The van der Waals surface area contributed by atoms with E-state index in [0.29, 0.717) is 22.9 Å². The van der Waals surface area contributed by atoms with Crippen LogP contribution in [0.4, 0.5) is 0 Å². The molecule has 122 valence electrons. The number of allylic oxidation sites excluding steroid dienone is 1. The molecular formula is C20H32N2. The topological polar surface area (TPSA) is 38.0 Å². The molecule has 0 aromatic heterocycles. The smallest absolute Gasteiger partial charge is 0.0296 e. The van der Waals surface area contributed by atoms with Crippen molar-refractivity contribution in [1.82, 2.24) is 5.32 Å². The van der Waals surface area contributed by atoms with Gasteiger partial charge in [0.15, 0.2) is 0 Å². The fourth-order valence-electron chi connectivity index (χ4n) is 7.68. The maximum Gasteiger partial charge on any atom is 0.0296 e. The molecule has 4 aliphatic carbocycles. The van der Waals surface area contributed by atoms with E-state index < -0.39 is 0 Å². The number of fused-ring (bicyclic) bond motifs is 5. The van der Waals surface area contributed by atoms with Crippen molar-refractivity contribution < 1.29 is 0 Å². The Kier molecular flexibility index (Phi) is 2.80. The molecule has 22 heavy (non-hydrogen) atoms. The van der Waals surface area contributed by atoms with Gasteiger partial charge in [0.1, 0.15) is 0 Å². The lowest BCUT2D eigenvalue weighted by Gasteiger charge is -2.50. The monoisotopic (exact) mass is 300 g/mol. The van der Waals surface area contributed by atoms with E-state index >= 15 is 0 Å². The van der Waals surface area contributed by atoms with Crippen LogP contribution in [0.2, 0.25) is 0 Å². The minimum Gasteiger partial charge on any atom is -0.327 e. The van der Waals surface area contributed by atoms with Gasteiger partial charge in [-0.05, 0) is 86.0 Å². The Morgan fingerprint density at radius 2 is 1.91 bits per heavy atom. The number of hydrogen-bond acceptors (Lipinski definition) is 2. The summed E-state index contributed by atoms with van der Waals surface area (Å²) in [6, 6.07) is 1.20. The zero-order valence-electron chi connectivity index (χ0n) is 14.3. The summed E-state index contributed by atoms with van der Waals surface area (Å²) in [6.45, 7) is 6.42. The first-order valence-corrected chi connectivity index (χ1v) is 9.73. The summed E-state index contributed by atoms with van der Waals surface area (Å²) in [6.07, 6.45) is 12.4. The average Bonchev–Trinajstić information content (AvgIpc) is 3.00. The van der Waals surface area contributed by atoms with E-state index in [2.05, 4.69) is 25.2 Å². The molecule has 0 spiro atoms. The SMILES string of the molecule is CC12CCC3C(CC4C(N)CCC43C)C1CC=C2C1CCN1. The summed E-state index contributed by atoms with van der Waals surface area (Å²) in [5.41, 5.74) is 9.37. The van der Waals surface area contributed by atoms with Crippen LogP contribution < -0.4 is 11.1 Å². The molecule has 0 aromatic rings. The molecule has 3 saturated carbocycles. The Bertz CT molecular complexity index is 522. The number of nitrogens with one attached hydrogen (secondary N) is 1. The van der Waals surface area contributed by atoms with Crippen molar-refractivity contribution in [3.63, 3.8) is 0 Å². The Labute approximate surface area is 135 Å². The summed E-state index contributed by atoms with van der Waals surface area (Å²) < 4.78 is 0. The minimum atomic E-state index is 0.490. The van der Waals surface area contributed by atoms with Gasteiger partial charge in [-0.3, -0.25) is 0 Å². The van der Waals surface area contributed by atoms with Crippen molar-refractivity contribution in [3.8, 4) is 0 Å². The molecule has 1 saturated heterocycles. The van der Waals surface area contributed by atoms with Gasteiger partial charge >= 0.3 is 0 Å². The normalized spacial score (nSPS) is 59.5. The molecule has 0 aromatic carbocycles. The fourth-order valence-corrected chi connectivity index (χ4v) is 7.68. The second kappa shape index (κ2) is 4.39. The highest BCUT2D eigenvalue weighted by molar-refractivity contribution is 5.31. The molecule has 2 heteroatoms. The highest BCUT2D eigenvalue weighted by Crippen LogP contribution is 2.69. The van der Waals surface area contributed by atoms with Crippen molar-refractivity contribution >= 4 is 0 Å². The van der Waals surface area contributed by atoms with Gasteiger partial charge in [-0.15, -0.1) is 0 Å². The minimum absolute atomic E-state index is 0.490. The van der Waals surface area contributed by atoms with Crippen molar-refractivity contribution in [1.29, 1.82) is 0 Å². The highest BCUT2D eigenvalue weighted by atomic mass is 15.0. The van der Waals surface area contributed by atoms with Gasteiger partial charge in [-0.2, -0.15) is 0 Å². The van der Waals surface area contributed by atoms with E-state index in [0.717, 1.165) is 23.7 Å². The summed E-state index contributed by atoms with van der Waals surface area (Å²) in [7, 11) is 0. The number of rotatable bonds is 1. The zero-order valence-corrected chi connectivity index (χ0v) is 14.3. The van der Waals surface area contributed by atoms with E-state index in [1.807, 2.05) is 0 Å². The molecule has 3 N–H and O–H groups in total. The van der Waals surface area contributed by atoms with E-state index in [4.69, 9.17) is 5.73 Å². The van der Waals surface area contributed by atoms with Gasteiger partial charge in [0.05, 0.1) is 0 Å². The maximum atomic E-state index is 6.51. The van der Waals surface area contributed by atoms with E-state index in [-0.39, 0.29) is 0 Å². The summed E-state index contributed by atoms with van der Waals surface area (Å²) >= 11 is 0. The predicted molar refractivity (Wildman–Crippen MR) is 90.3 cm³/mol. The number of hydrogen-bond donors (Lipinski definition) is 2. The van der Waals surface area contributed by atoms with Gasteiger partial charge in [0.2, 0.25) is 0 Å². The van der Waals surface area contributed by atoms with Gasteiger partial charge in [0, 0.05) is 12.1 Å². The Morgan fingerprint density at radius 3 is 2.64 bits per heavy atom. The molecule has 0 bridgehead atoms. The first-order chi connectivity index (χ1) is 10.5. The van der Waals surface area contributed by atoms with Crippen molar-refractivity contribution in [2.24, 2.45) is 40.2 Å². The third-order valence-corrected chi connectivity index (χ3v) is 9.03. The highest BCUT2D eigenvalue weighted by Gasteiger charge is 2.63. The van der Waals surface area contributed by atoms with Gasteiger partial charge in [0.25, 0.3) is 0 Å². The molecule has 8 atom stereocenters. The Hall–Kier alpha value is -0.340. The largest absolute Gasteiger partial charge is 0.327 e. The fraction of sp³-hybridized carbons (Fsp3) is 0.900. The molecule has 1 aliphatic heterocycles. The zero-order chi connectivity index (χ0) is 15.1. The van der Waals surface area contributed by atoms with Crippen molar-refractivity contribution in [3.05, 3.63) is 11.6 Å². The molecule has 0 amide bonds. The second-order valence-electron chi connectivity index (χ2n) is 9.57. The average molecular weight is 300 g/mol. The van der Waals surface area contributed by atoms with Crippen LogP contribution in [0.5, 0.6) is 0 Å². The van der Waals surface area contributed by atoms with Crippen LogP contribution in [0.15, 0.2) is 11.6 Å². The Balaban J connectivity index is 1.45. The first-order valence-electron chi connectivity index (χ1n) is 9.73. The van der Waals surface area contributed by atoms with Crippen LogP contribution >= 0.6 is 0 Å². The number of nitrogens with two attached hydrogens (primary N) is 1. The standard InChI is InChI=1S/C20H32N2/c1-19-8-5-14-12(11-16-17(21)6-9-20(14,16)2)13(19)3-4-15(19)18-7-10-22-18/h4,12-14,16-18,22H,3,5-11,21H2,1-2H3. The molecule has 0 radical (unpaired) electrons. The van der Waals surface area contributed by atoms with E-state index in [1.165, 1.54) is 51.5 Å². The summed E-state index contributed by atoms with van der Waals surface area (Å²) in [5, 5.41) is 3.67. The summed E-state index contributed by atoms with van der Waals surface area (Å²) in [5.74, 6) is 3.65. The lowest BCUT2D eigenvalue weighted by molar-refractivity contribution is 0.0251. The lowest BCUT2D eigenvalue weighted by Crippen LogP contribution is -2.50. The Morgan fingerprint density at radius 1 is 1.09 bits per heavy atom. The molecule has 8 unspecified atom stereocenters. The molecular weight excluding hydrogens is 268 g/mol. The predicted octanol–water partition coefficient (Wildman–Crippen LogP) is 3.47. The molecule has 2 nitrogen and oxygen atoms in total. The van der Waals surface area contributed by atoms with Crippen LogP contribution in [0.3, 0.4) is 0 Å². The van der Waals surface area contributed by atoms with E-state index in [1.54, 1.807) is 5.57 Å². The van der Waals surface area contributed by atoms with Crippen LogP contribution in [-0.4, -0.2) is 18.6 Å². The maximum absolute atomic E-state index is 6.51. The lowest BCUT2D eigenvalue weighted by atomic mass is 9.55. The second-order valence-corrected chi connectivity index (χ2v) is 9.57. The van der Waals surface area contributed by atoms with Crippen LogP contribution in [-0.2, 0) is 0 Å². The van der Waals surface area contributed by atoms with Crippen molar-refractivity contribution in [2.75, 3.05) is 6.54 Å². The van der Waals surface area contributed by atoms with Gasteiger partial charge in [-0.25, -0.2) is 0 Å². The first kappa shape index (κ1) is 14.0. The van der Waals surface area contributed by atoms with Crippen molar-refractivity contribution in [2.45, 2.75) is 70.9 Å². The van der Waals surface area contributed by atoms with Crippen LogP contribution in [0, 0.1) is 34.5 Å². The molecule has 4 fully saturated rings. The van der Waals surface area contributed by atoms with Gasteiger partial charge in [-0.1, -0.05) is 25.5 Å². The summed E-state index contributed by atoms with van der Waals surface area (Å²) in [4.78, 5) is 0. The third-order valence-electron chi connectivity index (χ3n) is 9.03. The molecule has 1 heterocycles. The van der Waals surface area contributed by atoms with Gasteiger partial charge < -0.3 is 11.1 Å². The molecule has 5 aliphatic rings.